The maximum absolute atomic E-state index is 9.41. The van der Waals surface area contributed by atoms with Gasteiger partial charge in [-0.1, -0.05) is 130 Å². The Kier molecular flexibility index (Phi) is 7.23. The second kappa shape index (κ2) is 11.6. The monoisotopic (exact) mass is 634 g/mol. The van der Waals surface area contributed by atoms with E-state index in [2.05, 4.69) is 116 Å². The first-order chi connectivity index (χ1) is 23.8. The quantitative estimate of drug-likeness (QED) is 0.185. The lowest BCUT2D eigenvalue weighted by atomic mass is 9.67. The SMILES string of the molecule is CC1(C)c2ccc3c4ccccc4n(-c4cccc(CN=C(C=C(N)c5cccc(C#N)c5)c5ccccc5)c4)c3c2C2(C)C=CC=CC12. The van der Waals surface area contributed by atoms with Crippen LogP contribution in [-0.2, 0) is 17.4 Å². The second-order valence-electron chi connectivity index (χ2n) is 14.0. The van der Waals surface area contributed by atoms with Crippen LogP contribution in [0.4, 0.5) is 0 Å². The fraction of sp³-hybridized carbons (Fsp3) is 0.156. The van der Waals surface area contributed by atoms with Gasteiger partial charge in [0.05, 0.1) is 34.9 Å². The Hall–Kier alpha value is -5.92. The number of nitrogens with two attached hydrogens (primary N) is 1. The summed E-state index contributed by atoms with van der Waals surface area (Å²) in [4.78, 5) is 5.13. The third-order valence-corrected chi connectivity index (χ3v) is 10.6. The Morgan fingerprint density at radius 3 is 2.45 bits per heavy atom. The Morgan fingerprint density at radius 1 is 0.837 bits per heavy atom. The van der Waals surface area contributed by atoms with Crippen molar-refractivity contribution in [2.45, 2.75) is 38.1 Å². The largest absolute Gasteiger partial charge is 0.398 e. The van der Waals surface area contributed by atoms with Crippen LogP contribution in [0.5, 0.6) is 0 Å². The van der Waals surface area contributed by atoms with Crippen LogP contribution in [0.25, 0.3) is 33.2 Å². The van der Waals surface area contributed by atoms with E-state index >= 15 is 0 Å². The van der Waals surface area contributed by atoms with Gasteiger partial charge in [0, 0.05) is 27.6 Å². The van der Waals surface area contributed by atoms with Gasteiger partial charge < -0.3 is 10.3 Å². The van der Waals surface area contributed by atoms with Gasteiger partial charge in [-0.2, -0.15) is 5.26 Å². The van der Waals surface area contributed by atoms with Crippen LogP contribution in [0.3, 0.4) is 0 Å². The van der Waals surface area contributed by atoms with Gasteiger partial charge in [0.25, 0.3) is 0 Å². The molecule has 0 bridgehead atoms. The summed E-state index contributed by atoms with van der Waals surface area (Å²) in [5.41, 5.74) is 17.7. The molecule has 1 aromatic heterocycles. The van der Waals surface area contributed by atoms with E-state index in [-0.39, 0.29) is 10.8 Å². The highest BCUT2D eigenvalue weighted by Crippen LogP contribution is 2.59. The highest BCUT2D eigenvalue weighted by Gasteiger charge is 2.53. The summed E-state index contributed by atoms with van der Waals surface area (Å²) in [6.45, 7) is 7.69. The first-order valence-corrected chi connectivity index (χ1v) is 16.9. The number of rotatable bonds is 6. The molecule has 8 rings (SSSR count). The molecule has 2 unspecified atom stereocenters. The molecule has 4 nitrogen and oxygen atoms in total. The van der Waals surface area contributed by atoms with Gasteiger partial charge >= 0.3 is 0 Å². The van der Waals surface area contributed by atoms with E-state index in [0.29, 0.717) is 23.7 Å². The molecule has 2 N–H and O–H groups in total. The summed E-state index contributed by atoms with van der Waals surface area (Å²) in [5.74, 6) is 0.372. The molecular formula is C45H38N4. The minimum atomic E-state index is -0.120. The minimum Gasteiger partial charge on any atom is -0.398 e. The van der Waals surface area contributed by atoms with E-state index in [0.717, 1.165) is 28.1 Å². The van der Waals surface area contributed by atoms with Crippen molar-refractivity contribution in [2.24, 2.45) is 16.6 Å². The van der Waals surface area contributed by atoms with Gasteiger partial charge in [0.2, 0.25) is 0 Å². The standard InChI is InChI=1S/C45H38N4/c1-44(2)37-23-22-36-35-19-7-8-20-40(35)49(43(36)42(37)45(3)24-10-9-21-41(44)45)34-18-12-14-31(26-34)29-48-39(32-15-5-4-6-16-32)27-38(47)33-17-11-13-30(25-33)28-46/h4-27,41H,29,47H2,1-3H3. The number of hydrogen-bond donors (Lipinski definition) is 1. The number of allylic oxidation sites excluding steroid dienone is 5. The summed E-state index contributed by atoms with van der Waals surface area (Å²) in [6, 6.07) is 42.0. The van der Waals surface area contributed by atoms with Crippen molar-refractivity contribution in [3.63, 3.8) is 0 Å². The van der Waals surface area contributed by atoms with E-state index < -0.39 is 0 Å². The van der Waals surface area contributed by atoms with Gasteiger partial charge in [-0.3, -0.25) is 4.99 Å². The molecule has 6 aromatic rings. The Balaban J connectivity index is 1.27. The number of para-hydroxylation sites is 1. The van der Waals surface area contributed by atoms with Gasteiger partial charge in [-0.25, -0.2) is 0 Å². The fourth-order valence-corrected chi connectivity index (χ4v) is 8.34. The zero-order valence-corrected chi connectivity index (χ0v) is 28.1. The lowest BCUT2D eigenvalue weighted by Crippen LogP contribution is -2.34. The number of fused-ring (bicyclic) bond motifs is 7. The average molecular weight is 635 g/mol. The molecule has 49 heavy (non-hydrogen) atoms. The minimum absolute atomic E-state index is 0.00346. The van der Waals surface area contributed by atoms with Crippen molar-refractivity contribution in [1.82, 2.24) is 4.57 Å². The summed E-state index contributed by atoms with van der Waals surface area (Å²) in [6.07, 6.45) is 11.2. The van der Waals surface area contributed by atoms with Crippen LogP contribution in [0, 0.1) is 17.2 Å². The molecular weight excluding hydrogens is 597 g/mol. The number of nitriles is 1. The Bertz CT molecular complexity index is 2430. The van der Waals surface area contributed by atoms with Gasteiger partial charge in [0.1, 0.15) is 0 Å². The average Bonchev–Trinajstić information content (AvgIpc) is 3.56. The summed E-state index contributed by atoms with van der Waals surface area (Å²) in [7, 11) is 0. The smallest absolute Gasteiger partial charge is 0.0991 e. The van der Waals surface area contributed by atoms with Crippen molar-refractivity contribution in [1.29, 1.82) is 5.26 Å². The molecule has 0 radical (unpaired) electrons. The maximum Gasteiger partial charge on any atom is 0.0991 e. The molecule has 5 aromatic carbocycles. The summed E-state index contributed by atoms with van der Waals surface area (Å²) < 4.78 is 2.48. The number of aliphatic imine (C=N–C) groups is 1. The van der Waals surface area contributed by atoms with Crippen LogP contribution in [0.1, 0.15) is 54.2 Å². The topological polar surface area (TPSA) is 67.1 Å². The Morgan fingerprint density at radius 2 is 1.61 bits per heavy atom. The molecule has 4 heteroatoms. The molecule has 0 amide bonds. The van der Waals surface area contributed by atoms with Crippen LogP contribution >= 0.6 is 0 Å². The fourth-order valence-electron chi connectivity index (χ4n) is 8.34. The van der Waals surface area contributed by atoms with E-state index in [9.17, 15) is 5.26 Å². The second-order valence-corrected chi connectivity index (χ2v) is 14.0. The highest BCUT2D eigenvalue weighted by molar-refractivity contribution is 6.12. The molecule has 2 atom stereocenters. The maximum atomic E-state index is 9.41. The van der Waals surface area contributed by atoms with E-state index in [1.807, 2.05) is 54.6 Å². The van der Waals surface area contributed by atoms with Crippen molar-refractivity contribution in [3.8, 4) is 11.8 Å². The van der Waals surface area contributed by atoms with Crippen molar-refractivity contribution >= 4 is 33.2 Å². The summed E-state index contributed by atoms with van der Waals surface area (Å²) in [5, 5.41) is 12.0. The first-order valence-electron chi connectivity index (χ1n) is 16.9. The normalized spacial score (nSPS) is 19.6. The van der Waals surface area contributed by atoms with Gasteiger partial charge in [-0.15, -0.1) is 0 Å². The third-order valence-electron chi connectivity index (χ3n) is 10.6. The zero-order valence-electron chi connectivity index (χ0n) is 28.1. The van der Waals surface area contributed by atoms with Crippen LogP contribution < -0.4 is 5.73 Å². The predicted octanol–water partition coefficient (Wildman–Crippen LogP) is 9.94. The molecule has 0 fully saturated rings. The lowest BCUT2D eigenvalue weighted by Gasteiger charge is -2.36. The van der Waals surface area contributed by atoms with E-state index in [4.69, 9.17) is 10.7 Å². The van der Waals surface area contributed by atoms with Gasteiger partial charge in [0.15, 0.2) is 0 Å². The molecule has 0 saturated heterocycles. The van der Waals surface area contributed by atoms with Crippen molar-refractivity contribution in [3.05, 3.63) is 179 Å². The molecule has 0 aliphatic heterocycles. The summed E-state index contributed by atoms with van der Waals surface area (Å²) >= 11 is 0. The van der Waals surface area contributed by atoms with Gasteiger partial charge in [-0.05, 0) is 75.6 Å². The van der Waals surface area contributed by atoms with Crippen LogP contribution in [0.15, 0.2) is 151 Å². The molecule has 2 aliphatic rings. The molecule has 2 aliphatic carbocycles. The molecule has 0 spiro atoms. The molecule has 1 heterocycles. The van der Waals surface area contributed by atoms with E-state index in [1.54, 1.807) is 6.07 Å². The van der Waals surface area contributed by atoms with Crippen LogP contribution in [0.2, 0.25) is 0 Å². The number of aromatic nitrogens is 1. The Labute approximate surface area is 287 Å². The molecule has 0 saturated carbocycles. The van der Waals surface area contributed by atoms with Crippen molar-refractivity contribution in [2.75, 3.05) is 0 Å². The zero-order chi connectivity index (χ0) is 33.8. The van der Waals surface area contributed by atoms with Crippen LogP contribution in [-0.4, -0.2) is 10.3 Å². The van der Waals surface area contributed by atoms with E-state index in [1.165, 1.54) is 32.9 Å². The number of benzene rings is 5. The lowest BCUT2D eigenvalue weighted by molar-refractivity contribution is 0.324. The van der Waals surface area contributed by atoms with Crippen molar-refractivity contribution < 1.29 is 0 Å². The number of nitrogens with zero attached hydrogens (tertiary/aromatic N) is 3. The molecule has 238 valence electrons. The highest BCUT2D eigenvalue weighted by atomic mass is 15.0. The third kappa shape index (κ3) is 4.93. The first kappa shape index (κ1) is 30.4. The predicted molar refractivity (Wildman–Crippen MR) is 203 cm³/mol. The number of hydrogen-bond acceptors (Lipinski definition) is 3.